The molecular formula is C28H35ClN2O8. The van der Waals surface area contributed by atoms with E-state index in [0.717, 1.165) is 30.5 Å². The second kappa shape index (κ2) is 17.8. The topological polar surface area (TPSA) is 142 Å². The van der Waals surface area contributed by atoms with E-state index in [0.29, 0.717) is 25.9 Å². The number of carboxylic acid groups (broad SMARTS) is 2. The monoisotopic (exact) mass is 562 g/mol. The zero-order chi connectivity index (χ0) is 28.5. The lowest BCUT2D eigenvalue weighted by Gasteiger charge is -2.29. The molecule has 10 nitrogen and oxygen atoms in total. The molecule has 2 atom stereocenters. The predicted molar refractivity (Wildman–Crippen MR) is 144 cm³/mol. The lowest BCUT2D eigenvalue weighted by atomic mass is 9.99. The normalized spacial score (nSPS) is 18.2. The fourth-order valence-electron chi connectivity index (χ4n) is 3.93. The van der Waals surface area contributed by atoms with Crippen molar-refractivity contribution in [3.8, 4) is 0 Å². The molecule has 2 aromatic carbocycles. The second-order valence-electron chi connectivity index (χ2n) is 9.06. The van der Waals surface area contributed by atoms with Gasteiger partial charge in [0.25, 0.3) is 0 Å². The molecule has 0 spiro atoms. The van der Waals surface area contributed by atoms with Gasteiger partial charge in [0.1, 0.15) is 13.2 Å². The number of ether oxygens (including phenoxy) is 2. The number of nitrogens with zero attached hydrogens (tertiary/aromatic N) is 1. The molecule has 0 radical (unpaired) electrons. The van der Waals surface area contributed by atoms with Crippen molar-refractivity contribution in [2.75, 3.05) is 26.2 Å². The van der Waals surface area contributed by atoms with E-state index in [2.05, 4.69) is 10.1 Å². The molecule has 2 fully saturated rings. The van der Waals surface area contributed by atoms with Gasteiger partial charge in [-0.25, -0.2) is 9.59 Å². The van der Waals surface area contributed by atoms with Crippen molar-refractivity contribution < 1.29 is 38.9 Å². The van der Waals surface area contributed by atoms with Crippen LogP contribution in [0.1, 0.15) is 36.8 Å². The average molecular weight is 563 g/mol. The molecule has 0 bridgehead atoms. The van der Waals surface area contributed by atoms with E-state index in [-0.39, 0.29) is 25.7 Å². The van der Waals surface area contributed by atoms with Gasteiger partial charge < -0.3 is 29.9 Å². The van der Waals surface area contributed by atoms with Crippen LogP contribution in [0.5, 0.6) is 0 Å². The quantitative estimate of drug-likeness (QED) is 0.425. The van der Waals surface area contributed by atoms with Gasteiger partial charge in [0.15, 0.2) is 0 Å². The van der Waals surface area contributed by atoms with Crippen molar-refractivity contribution in [3.05, 3.63) is 71.8 Å². The van der Waals surface area contributed by atoms with Crippen LogP contribution in [0.4, 0.5) is 9.59 Å². The number of hydrogen-bond acceptors (Lipinski definition) is 7. The summed E-state index contributed by atoms with van der Waals surface area (Å²) < 4.78 is 9.74. The molecule has 11 heteroatoms. The number of benzene rings is 2. The third-order valence-electron chi connectivity index (χ3n) is 6.08. The van der Waals surface area contributed by atoms with Crippen molar-refractivity contribution in [3.63, 3.8) is 0 Å². The molecule has 3 N–H and O–H groups in total. The minimum atomic E-state index is -0.847. The number of aliphatic carboxylic acids is 2. The van der Waals surface area contributed by atoms with E-state index >= 15 is 0 Å². The van der Waals surface area contributed by atoms with E-state index < -0.39 is 29.4 Å². The molecule has 2 unspecified atom stereocenters. The fraction of sp³-hybridized carbons (Fsp3) is 0.429. The first-order valence-electron chi connectivity index (χ1n) is 12.7. The summed E-state index contributed by atoms with van der Waals surface area (Å²) in [6.07, 6.45) is 2.73. The van der Waals surface area contributed by atoms with Crippen LogP contribution in [0.2, 0.25) is 0 Å². The number of rotatable bonds is 6. The minimum Gasteiger partial charge on any atom is -0.481 e. The van der Waals surface area contributed by atoms with Gasteiger partial charge in [0.2, 0.25) is 0 Å². The number of amides is 1. The summed E-state index contributed by atoms with van der Waals surface area (Å²) >= 11 is 4.97. The maximum atomic E-state index is 11.9. The number of halogens is 1. The molecule has 212 valence electrons. The Kier molecular flexibility index (Phi) is 14.4. The van der Waals surface area contributed by atoms with Gasteiger partial charge in [0, 0.05) is 31.2 Å². The number of likely N-dealkylation sites (tertiary alicyclic amines) is 1. The number of piperidine rings is 2. The highest BCUT2D eigenvalue weighted by atomic mass is 35.5. The molecule has 2 saturated heterocycles. The smallest absolute Gasteiger partial charge is 0.410 e. The molecule has 0 aromatic heterocycles. The summed E-state index contributed by atoms with van der Waals surface area (Å²) in [5, 5.41) is 20.5. The summed E-state index contributed by atoms with van der Waals surface area (Å²) in [6.45, 7) is 2.89. The van der Waals surface area contributed by atoms with E-state index in [1.807, 2.05) is 60.7 Å². The first kappa shape index (κ1) is 31.6. The summed E-state index contributed by atoms with van der Waals surface area (Å²) in [5.41, 5.74) is 1.08. The number of carboxylic acids is 2. The second-order valence-corrected chi connectivity index (χ2v) is 9.37. The number of carbonyl (C=O) groups excluding carboxylic acids is 2. The average Bonchev–Trinajstić information content (AvgIpc) is 2.97. The van der Waals surface area contributed by atoms with Crippen LogP contribution in [0.15, 0.2) is 60.7 Å². The Bertz CT molecular complexity index is 1030. The summed E-state index contributed by atoms with van der Waals surface area (Å²) in [7, 11) is 0. The molecule has 4 rings (SSSR count). The van der Waals surface area contributed by atoms with Crippen molar-refractivity contribution in [2.45, 2.75) is 38.9 Å². The van der Waals surface area contributed by atoms with E-state index in [1.165, 1.54) is 4.90 Å². The van der Waals surface area contributed by atoms with Gasteiger partial charge in [-0.05, 0) is 43.4 Å². The van der Waals surface area contributed by atoms with Crippen LogP contribution in [-0.4, -0.2) is 64.8 Å². The Labute approximate surface area is 232 Å². The molecule has 2 aromatic rings. The van der Waals surface area contributed by atoms with Gasteiger partial charge in [-0.1, -0.05) is 60.7 Å². The number of nitrogens with one attached hydrogen (secondary N) is 1. The molecule has 1 amide bonds. The molecule has 2 heterocycles. The maximum absolute atomic E-state index is 11.9. The van der Waals surface area contributed by atoms with Gasteiger partial charge in [-0.3, -0.25) is 9.59 Å². The molecule has 39 heavy (non-hydrogen) atoms. The maximum Gasteiger partial charge on any atom is 0.410 e. The largest absolute Gasteiger partial charge is 0.481 e. The van der Waals surface area contributed by atoms with Crippen LogP contribution in [0, 0.1) is 11.8 Å². The summed E-state index contributed by atoms with van der Waals surface area (Å²) in [6, 6.07) is 18.8. The highest BCUT2D eigenvalue weighted by Gasteiger charge is 2.28. The van der Waals surface area contributed by atoms with E-state index in [1.54, 1.807) is 0 Å². The third kappa shape index (κ3) is 13.1. The Morgan fingerprint density at radius 2 is 1.36 bits per heavy atom. The lowest BCUT2D eigenvalue weighted by Crippen LogP contribution is -2.42. The van der Waals surface area contributed by atoms with Crippen LogP contribution < -0.4 is 5.32 Å². The van der Waals surface area contributed by atoms with Gasteiger partial charge >= 0.3 is 23.5 Å². The predicted octanol–water partition coefficient (Wildman–Crippen LogP) is 4.75. The lowest BCUT2D eigenvalue weighted by molar-refractivity contribution is -0.143. The van der Waals surface area contributed by atoms with Crippen LogP contribution in [0.25, 0.3) is 0 Å². The minimum absolute atomic E-state index is 0.140. The molecule has 2 aliphatic rings. The Balaban J connectivity index is 0.000000226. The Hall–Kier alpha value is -3.63. The summed E-state index contributed by atoms with van der Waals surface area (Å²) in [5.74, 6) is -2.13. The number of carbonyl (C=O) groups is 4. The van der Waals surface area contributed by atoms with Crippen molar-refractivity contribution in [1.29, 1.82) is 0 Å². The van der Waals surface area contributed by atoms with Gasteiger partial charge in [-0.15, -0.1) is 0 Å². The van der Waals surface area contributed by atoms with Crippen LogP contribution >= 0.6 is 11.6 Å². The first-order chi connectivity index (χ1) is 18.8. The van der Waals surface area contributed by atoms with Gasteiger partial charge in [0.05, 0.1) is 11.8 Å². The van der Waals surface area contributed by atoms with Crippen LogP contribution in [-0.2, 0) is 32.3 Å². The SMILES string of the molecule is O=C(Cl)OCc1ccccc1.O=C(O)C1CCCN(C(=O)OCc2ccccc2)C1.O=C(O)C1CCCNC1. The third-order valence-corrected chi connectivity index (χ3v) is 6.18. The van der Waals surface area contributed by atoms with E-state index in [4.69, 9.17) is 26.6 Å². The Morgan fingerprint density at radius 1 is 0.821 bits per heavy atom. The van der Waals surface area contributed by atoms with Crippen molar-refractivity contribution in [1.82, 2.24) is 10.2 Å². The summed E-state index contributed by atoms with van der Waals surface area (Å²) in [4.78, 5) is 44.7. The highest BCUT2D eigenvalue weighted by Crippen LogP contribution is 2.17. The Morgan fingerprint density at radius 3 is 1.82 bits per heavy atom. The fourth-order valence-corrected chi connectivity index (χ4v) is 3.99. The van der Waals surface area contributed by atoms with Gasteiger partial charge in [-0.2, -0.15) is 0 Å². The number of hydrogen-bond donors (Lipinski definition) is 3. The van der Waals surface area contributed by atoms with E-state index in [9.17, 15) is 19.2 Å². The van der Waals surface area contributed by atoms with Crippen LogP contribution in [0.3, 0.4) is 0 Å². The molecular weight excluding hydrogens is 528 g/mol. The molecule has 2 aliphatic heterocycles. The van der Waals surface area contributed by atoms with Crippen molar-refractivity contribution >= 4 is 35.1 Å². The molecule has 0 saturated carbocycles. The molecule has 0 aliphatic carbocycles. The first-order valence-corrected chi connectivity index (χ1v) is 13.1. The zero-order valence-electron chi connectivity index (χ0n) is 21.7. The van der Waals surface area contributed by atoms with Crippen molar-refractivity contribution in [2.24, 2.45) is 11.8 Å². The highest BCUT2D eigenvalue weighted by molar-refractivity contribution is 6.61. The zero-order valence-corrected chi connectivity index (χ0v) is 22.4. The standard InChI is InChI=1S/C14H17NO4.C8H7ClO2.C6H11NO2/c16-13(17)12-7-4-8-15(9-12)14(18)19-10-11-5-2-1-3-6-11;9-8(10)11-6-7-4-2-1-3-5-7;8-6(9)5-2-1-3-7-4-5/h1-3,5-6,12H,4,7-10H2,(H,16,17);1-5H,6H2;5,7H,1-4H2,(H,8,9).